The molecule has 19 heavy (non-hydrogen) atoms. The summed E-state index contributed by atoms with van der Waals surface area (Å²) in [5, 5.41) is 16.6. The van der Waals surface area contributed by atoms with Crippen LogP contribution in [0.1, 0.15) is 31.4 Å². The lowest BCUT2D eigenvalue weighted by atomic mass is 10.1. The Morgan fingerprint density at radius 3 is 2.89 bits per heavy atom. The average molecular weight is 263 g/mol. The van der Waals surface area contributed by atoms with Gasteiger partial charge in [-0.1, -0.05) is 12.1 Å². The number of hydrogen-bond acceptors (Lipinski definition) is 4. The fraction of sp³-hybridized carbons (Fsp3) is 0.462. The first kappa shape index (κ1) is 13.5. The Bertz CT molecular complexity index is 486. The number of nitro benzene ring substituents is 1. The van der Waals surface area contributed by atoms with Crippen LogP contribution in [0.3, 0.4) is 0 Å². The molecule has 1 fully saturated rings. The first-order valence-electron chi connectivity index (χ1n) is 6.33. The standard InChI is InChI=1S/C13H17N3O3/c1-9(15-13(17)8-14-11-5-6-11)10-3-2-4-12(7-10)16(18)19/h2-4,7,9,11,14H,5-6,8H2,1H3,(H,15,17). The summed E-state index contributed by atoms with van der Waals surface area (Å²) in [5.74, 6) is -0.0918. The third-order valence-corrected chi connectivity index (χ3v) is 3.09. The number of carbonyl (C=O) groups excluding carboxylic acids is 1. The fourth-order valence-electron chi connectivity index (χ4n) is 1.81. The Kier molecular flexibility index (Phi) is 4.11. The number of carbonyl (C=O) groups is 1. The van der Waals surface area contributed by atoms with Crippen molar-refractivity contribution in [1.29, 1.82) is 0 Å². The monoisotopic (exact) mass is 263 g/mol. The number of nitrogens with zero attached hydrogens (tertiary/aromatic N) is 1. The molecule has 1 aromatic carbocycles. The summed E-state index contributed by atoms with van der Waals surface area (Å²) in [6.45, 7) is 2.11. The molecule has 0 spiro atoms. The van der Waals surface area contributed by atoms with Crippen LogP contribution in [0.25, 0.3) is 0 Å². The molecule has 1 aromatic rings. The maximum absolute atomic E-state index is 11.7. The molecule has 0 saturated heterocycles. The highest BCUT2D eigenvalue weighted by molar-refractivity contribution is 5.78. The number of amides is 1. The van der Waals surface area contributed by atoms with Crippen molar-refractivity contribution in [3.8, 4) is 0 Å². The van der Waals surface area contributed by atoms with Crippen molar-refractivity contribution >= 4 is 11.6 Å². The van der Waals surface area contributed by atoms with Crippen molar-refractivity contribution in [2.24, 2.45) is 0 Å². The molecule has 1 atom stereocenters. The number of non-ortho nitro benzene ring substituents is 1. The number of benzene rings is 1. The van der Waals surface area contributed by atoms with Gasteiger partial charge >= 0.3 is 0 Å². The SMILES string of the molecule is CC(NC(=O)CNC1CC1)c1cccc([N+](=O)[O-])c1. The highest BCUT2D eigenvalue weighted by Gasteiger charge is 2.21. The van der Waals surface area contributed by atoms with E-state index in [0.717, 1.165) is 18.4 Å². The summed E-state index contributed by atoms with van der Waals surface area (Å²) in [6.07, 6.45) is 2.27. The first-order valence-corrected chi connectivity index (χ1v) is 6.33. The van der Waals surface area contributed by atoms with Crippen LogP contribution >= 0.6 is 0 Å². The van der Waals surface area contributed by atoms with Crippen LogP contribution in [0.5, 0.6) is 0 Å². The van der Waals surface area contributed by atoms with Gasteiger partial charge in [0, 0.05) is 18.2 Å². The summed E-state index contributed by atoms with van der Waals surface area (Å²) >= 11 is 0. The molecule has 0 radical (unpaired) electrons. The van der Waals surface area contributed by atoms with Crippen molar-refractivity contribution in [3.05, 3.63) is 39.9 Å². The van der Waals surface area contributed by atoms with E-state index in [2.05, 4.69) is 10.6 Å². The normalized spacial score (nSPS) is 15.8. The van der Waals surface area contributed by atoms with Gasteiger partial charge in [-0.3, -0.25) is 14.9 Å². The Morgan fingerprint density at radius 2 is 2.26 bits per heavy atom. The molecule has 0 aromatic heterocycles. The first-order chi connectivity index (χ1) is 9.06. The molecular weight excluding hydrogens is 246 g/mol. The molecule has 1 unspecified atom stereocenters. The van der Waals surface area contributed by atoms with Crippen molar-refractivity contribution in [2.75, 3.05) is 6.54 Å². The van der Waals surface area contributed by atoms with E-state index < -0.39 is 4.92 Å². The molecular formula is C13H17N3O3. The van der Waals surface area contributed by atoms with Gasteiger partial charge < -0.3 is 10.6 Å². The quantitative estimate of drug-likeness (QED) is 0.602. The highest BCUT2D eigenvalue weighted by atomic mass is 16.6. The van der Waals surface area contributed by atoms with Gasteiger partial charge in [-0.05, 0) is 25.3 Å². The van der Waals surface area contributed by atoms with Gasteiger partial charge in [0.15, 0.2) is 0 Å². The Balaban J connectivity index is 1.90. The van der Waals surface area contributed by atoms with Gasteiger partial charge in [0.2, 0.25) is 5.91 Å². The Hall–Kier alpha value is -1.95. The van der Waals surface area contributed by atoms with Crippen molar-refractivity contribution in [2.45, 2.75) is 31.8 Å². The topological polar surface area (TPSA) is 84.3 Å². The Labute approximate surface area is 111 Å². The van der Waals surface area contributed by atoms with Crippen LogP contribution in [-0.2, 0) is 4.79 Å². The van der Waals surface area contributed by atoms with E-state index in [0.29, 0.717) is 12.6 Å². The highest BCUT2D eigenvalue weighted by Crippen LogP contribution is 2.19. The van der Waals surface area contributed by atoms with E-state index in [1.807, 2.05) is 6.92 Å². The second kappa shape index (κ2) is 5.79. The summed E-state index contributed by atoms with van der Waals surface area (Å²) in [5.41, 5.74) is 0.767. The molecule has 0 heterocycles. The van der Waals surface area contributed by atoms with Gasteiger partial charge in [0.25, 0.3) is 5.69 Å². The predicted molar refractivity (Wildman–Crippen MR) is 70.7 cm³/mol. The lowest BCUT2D eigenvalue weighted by Gasteiger charge is -2.14. The lowest BCUT2D eigenvalue weighted by molar-refractivity contribution is -0.384. The third-order valence-electron chi connectivity index (χ3n) is 3.09. The minimum atomic E-state index is -0.438. The van der Waals surface area contributed by atoms with E-state index in [1.165, 1.54) is 12.1 Å². The minimum Gasteiger partial charge on any atom is -0.348 e. The zero-order valence-electron chi connectivity index (χ0n) is 10.8. The molecule has 1 aliphatic carbocycles. The summed E-state index contributed by atoms with van der Waals surface area (Å²) in [6, 6.07) is 6.56. The summed E-state index contributed by atoms with van der Waals surface area (Å²) in [7, 11) is 0. The molecule has 2 rings (SSSR count). The van der Waals surface area contributed by atoms with Crippen molar-refractivity contribution in [1.82, 2.24) is 10.6 Å². The zero-order chi connectivity index (χ0) is 13.8. The van der Waals surface area contributed by atoms with Gasteiger partial charge in [0.05, 0.1) is 17.5 Å². The smallest absolute Gasteiger partial charge is 0.269 e. The van der Waals surface area contributed by atoms with Crippen LogP contribution in [-0.4, -0.2) is 23.4 Å². The average Bonchev–Trinajstić information content (AvgIpc) is 3.20. The van der Waals surface area contributed by atoms with Crippen LogP contribution < -0.4 is 10.6 Å². The van der Waals surface area contributed by atoms with E-state index in [9.17, 15) is 14.9 Å². The van der Waals surface area contributed by atoms with Gasteiger partial charge in [-0.15, -0.1) is 0 Å². The van der Waals surface area contributed by atoms with Crippen molar-refractivity contribution in [3.63, 3.8) is 0 Å². The second-order valence-electron chi connectivity index (χ2n) is 4.80. The van der Waals surface area contributed by atoms with Gasteiger partial charge in [0.1, 0.15) is 0 Å². The summed E-state index contributed by atoms with van der Waals surface area (Å²) < 4.78 is 0. The van der Waals surface area contributed by atoms with Crippen LogP contribution in [0.2, 0.25) is 0 Å². The zero-order valence-corrected chi connectivity index (χ0v) is 10.8. The van der Waals surface area contributed by atoms with Gasteiger partial charge in [-0.2, -0.15) is 0 Å². The predicted octanol–water partition coefficient (Wildman–Crippen LogP) is 1.52. The maximum Gasteiger partial charge on any atom is 0.269 e. The number of nitrogens with one attached hydrogen (secondary N) is 2. The van der Waals surface area contributed by atoms with E-state index in [4.69, 9.17) is 0 Å². The van der Waals surface area contributed by atoms with E-state index in [-0.39, 0.29) is 17.6 Å². The molecule has 0 aliphatic heterocycles. The largest absolute Gasteiger partial charge is 0.348 e. The maximum atomic E-state index is 11.7. The number of rotatable bonds is 6. The van der Waals surface area contributed by atoms with Crippen LogP contribution in [0, 0.1) is 10.1 Å². The van der Waals surface area contributed by atoms with Crippen LogP contribution in [0.15, 0.2) is 24.3 Å². The number of hydrogen-bond donors (Lipinski definition) is 2. The van der Waals surface area contributed by atoms with E-state index in [1.54, 1.807) is 12.1 Å². The molecule has 6 heteroatoms. The minimum absolute atomic E-state index is 0.0368. The third kappa shape index (κ3) is 4.03. The molecule has 0 bridgehead atoms. The van der Waals surface area contributed by atoms with E-state index >= 15 is 0 Å². The summed E-state index contributed by atoms with van der Waals surface area (Å²) in [4.78, 5) is 21.9. The van der Waals surface area contributed by atoms with Crippen molar-refractivity contribution < 1.29 is 9.72 Å². The lowest BCUT2D eigenvalue weighted by Crippen LogP contribution is -2.36. The fourth-order valence-corrected chi connectivity index (χ4v) is 1.81. The molecule has 1 amide bonds. The van der Waals surface area contributed by atoms with Gasteiger partial charge in [-0.25, -0.2) is 0 Å². The molecule has 102 valence electrons. The second-order valence-corrected chi connectivity index (χ2v) is 4.80. The molecule has 6 nitrogen and oxygen atoms in total. The molecule has 1 aliphatic rings. The van der Waals surface area contributed by atoms with Crippen LogP contribution in [0.4, 0.5) is 5.69 Å². The molecule has 2 N–H and O–H groups in total. The Morgan fingerprint density at radius 1 is 1.53 bits per heavy atom. The number of nitro groups is 1. The molecule has 1 saturated carbocycles.